The number of likely N-dealkylation sites (tertiary alicyclic amines) is 1. The largest absolute Gasteiger partial charge is 0.449 e. The second-order valence-corrected chi connectivity index (χ2v) is 8.05. The molecule has 0 aliphatic carbocycles. The van der Waals surface area contributed by atoms with Gasteiger partial charge in [0.25, 0.3) is 5.91 Å². The Hall–Kier alpha value is -3.15. The van der Waals surface area contributed by atoms with Crippen molar-refractivity contribution in [1.82, 2.24) is 4.90 Å². The molecular weight excluding hydrogens is 392 g/mol. The van der Waals surface area contributed by atoms with Gasteiger partial charge in [-0.25, -0.2) is 4.79 Å². The summed E-state index contributed by atoms with van der Waals surface area (Å²) in [5.74, 6) is -0.447. The van der Waals surface area contributed by atoms with Crippen molar-refractivity contribution in [3.8, 4) is 0 Å². The van der Waals surface area contributed by atoms with Crippen LogP contribution in [0.2, 0.25) is 0 Å². The number of esters is 1. The van der Waals surface area contributed by atoms with E-state index < -0.39 is 12.1 Å². The van der Waals surface area contributed by atoms with Gasteiger partial charge in [0.15, 0.2) is 6.10 Å². The maximum Gasteiger partial charge on any atom is 0.338 e. The first-order chi connectivity index (χ1) is 14.9. The van der Waals surface area contributed by atoms with E-state index in [1.165, 1.54) is 0 Å². The molecule has 1 heterocycles. The maximum absolute atomic E-state index is 12.6. The molecular formula is C25H30N2O4. The fourth-order valence-corrected chi connectivity index (χ4v) is 3.61. The van der Waals surface area contributed by atoms with E-state index in [1.54, 1.807) is 19.1 Å². The maximum atomic E-state index is 12.6. The van der Waals surface area contributed by atoms with Gasteiger partial charge in [-0.15, -0.1) is 0 Å². The summed E-state index contributed by atoms with van der Waals surface area (Å²) < 4.78 is 5.37. The predicted molar refractivity (Wildman–Crippen MR) is 120 cm³/mol. The number of benzene rings is 2. The number of para-hydroxylation sites is 1. The molecule has 3 rings (SSSR count). The quantitative estimate of drug-likeness (QED) is 0.635. The molecule has 0 aromatic heterocycles. The molecule has 2 amide bonds. The minimum absolute atomic E-state index is 0.165. The zero-order valence-electron chi connectivity index (χ0n) is 18.4. The van der Waals surface area contributed by atoms with Crippen LogP contribution in [-0.4, -0.2) is 35.3 Å². The number of amides is 2. The van der Waals surface area contributed by atoms with Gasteiger partial charge in [0.05, 0.1) is 5.56 Å². The summed E-state index contributed by atoms with van der Waals surface area (Å²) in [5, 5.41) is 2.88. The van der Waals surface area contributed by atoms with Crippen LogP contribution >= 0.6 is 0 Å². The van der Waals surface area contributed by atoms with Crippen molar-refractivity contribution in [3.63, 3.8) is 0 Å². The van der Waals surface area contributed by atoms with Crippen LogP contribution in [0.3, 0.4) is 0 Å². The van der Waals surface area contributed by atoms with E-state index in [9.17, 15) is 14.4 Å². The molecule has 31 heavy (non-hydrogen) atoms. The monoisotopic (exact) mass is 422 g/mol. The lowest BCUT2D eigenvalue weighted by Crippen LogP contribution is -2.30. The molecule has 1 saturated heterocycles. The highest BCUT2D eigenvalue weighted by atomic mass is 16.5. The van der Waals surface area contributed by atoms with Crippen molar-refractivity contribution in [2.45, 2.75) is 58.6 Å². The number of anilines is 1. The normalized spacial score (nSPS) is 15.5. The molecule has 1 aliphatic rings. The number of nitrogens with one attached hydrogen (secondary N) is 1. The van der Waals surface area contributed by atoms with Gasteiger partial charge in [0.2, 0.25) is 5.91 Å². The summed E-state index contributed by atoms with van der Waals surface area (Å²) >= 11 is 0. The van der Waals surface area contributed by atoms with Gasteiger partial charge in [0.1, 0.15) is 0 Å². The fraction of sp³-hybridized carbons (Fsp3) is 0.400. The van der Waals surface area contributed by atoms with Crippen LogP contribution in [0.1, 0.15) is 67.4 Å². The fourth-order valence-electron chi connectivity index (χ4n) is 3.61. The Morgan fingerprint density at radius 2 is 1.81 bits per heavy atom. The van der Waals surface area contributed by atoms with E-state index in [2.05, 4.69) is 19.2 Å². The minimum atomic E-state index is -0.931. The second-order valence-electron chi connectivity index (χ2n) is 8.05. The first-order valence-electron chi connectivity index (χ1n) is 10.9. The summed E-state index contributed by atoms with van der Waals surface area (Å²) in [6, 6.07) is 14.6. The smallest absolute Gasteiger partial charge is 0.338 e. The van der Waals surface area contributed by atoms with Crippen molar-refractivity contribution in [2.75, 3.05) is 11.9 Å². The van der Waals surface area contributed by atoms with Gasteiger partial charge in [-0.05, 0) is 55.0 Å². The Labute approximate surface area is 183 Å². The van der Waals surface area contributed by atoms with Gasteiger partial charge in [-0.1, -0.05) is 44.2 Å². The topological polar surface area (TPSA) is 75.7 Å². The van der Waals surface area contributed by atoms with E-state index in [1.807, 2.05) is 41.3 Å². The molecule has 0 bridgehead atoms. The molecule has 1 N–H and O–H groups in total. The Kier molecular flexibility index (Phi) is 7.45. The molecule has 6 heteroatoms. The van der Waals surface area contributed by atoms with Crippen molar-refractivity contribution in [2.24, 2.45) is 0 Å². The molecule has 0 spiro atoms. The summed E-state index contributed by atoms with van der Waals surface area (Å²) in [6.07, 6.45) is 1.52. The summed E-state index contributed by atoms with van der Waals surface area (Å²) in [5.41, 5.74) is 3.13. The third-order valence-electron chi connectivity index (χ3n) is 5.75. The number of ether oxygens (including phenoxy) is 1. The van der Waals surface area contributed by atoms with Crippen molar-refractivity contribution in [1.29, 1.82) is 0 Å². The number of rotatable bonds is 8. The lowest BCUT2D eigenvalue weighted by molar-refractivity contribution is -0.128. The van der Waals surface area contributed by atoms with Gasteiger partial charge >= 0.3 is 5.97 Å². The zero-order chi connectivity index (χ0) is 22.4. The van der Waals surface area contributed by atoms with E-state index in [0.29, 0.717) is 24.4 Å². The number of hydrogen-bond donors (Lipinski definition) is 1. The Balaban J connectivity index is 1.57. The second kappa shape index (κ2) is 10.2. The number of hydrogen-bond acceptors (Lipinski definition) is 4. The van der Waals surface area contributed by atoms with E-state index in [-0.39, 0.29) is 11.8 Å². The molecule has 2 aromatic carbocycles. The van der Waals surface area contributed by atoms with Crippen LogP contribution < -0.4 is 5.32 Å². The molecule has 0 saturated carbocycles. The zero-order valence-corrected chi connectivity index (χ0v) is 18.4. The molecule has 0 radical (unpaired) electrons. The lowest BCUT2D eigenvalue weighted by atomic mass is 9.97. The van der Waals surface area contributed by atoms with Gasteiger partial charge in [0, 0.05) is 25.2 Å². The van der Waals surface area contributed by atoms with Crippen molar-refractivity contribution >= 4 is 23.5 Å². The van der Waals surface area contributed by atoms with Crippen LogP contribution in [0.4, 0.5) is 5.69 Å². The van der Waals surface area contributed by atoms with Gasteiger partial charge in [-0.3, -0.25) is 9.59 Å². The third kappa shape index (κ3) is 5.72. The van der Waals surface area contributed by atoms with Gasteiger partial charge in [-0.2, -0.15) is 0 Å². The lowest BCUT2D eigenvalue weighted by Gasteiger charge is -2.18. The van der Waals surface area contributed by atoms with Crippen molar-refractivity contribution in [3.05, 3.63) is 65.2 Å². The molecule has 1 aliphatic heterocycles. The molecule has 1 fully saturated rings. The number of nitrogens with zero attached hydrogens (tertiary/aromatic N) is 1. The van der Waals surface area contributed by atoms with Gasteiger partial charge < -0.3 is 15.0 Å². The first-order valence-corrected chi connectivity index (χ1v) is 10.9. The number of carbonyl (C=O) groups excluding carboxylic acids is 3. The summed E-state index contributed by atoms with van der Waals surface area (Å²) in [6.45, 7) is 7.09. The molecule has 2 atom stereocenters. The first kappa shape index (κ1) is 22.5. The Morgan fingerprint density at radius 1 is 1.10 bits per heavy atom. The minimum Gasteiger partial charge on any atom is -0.449 e. The third-order valence-corrected chi connectivity index (χ3v) is 5.75. The summed E-state index contributed by atoms with van der Waals surface area (Å²) in [7, 11) is 0. The standard InChI is InChI=1S/C25H30N2O4/c1-4-17(2)21-8-5-6-9-22(21)26-24(29)18(3)31-25(30)20-13-11-19(12-14-20)16-27-15-7-10-23(27)28/h5-6,8-9,11-14,17-18H,4,7,10,15-16H2,1-3H3,(H,26,29)/t17-,18+/m0/s1. The molecule has 0 unspecified atom stereocenters. The summed E-state index contributed by atoms with van der Waals surface area (Å²) in [4.78, 5) is 38.6. The van der Waals surface area contributed by atoms with E-state index >= 15 is 0 Å². The molecule has 2 aromatic rings. The Morgan fingerprint density at radius 3 is 2.45 bits per heavy atom. The average Bonchev–Trinajstić information content (AvgIpc) is 3.18. The SMILES string of the molecule is CC[C@H](C)c1ccccc1NC(=O)[C@@H](C)OC(=O)c1ccc(CN2CCCC2=O)cc1. The van der Waals surface area contributed by atoms with Crippen molar-refractivity contribution < 1.29 is 19.1 Å². The van der Waals surface area contributed by atoms with E-state index in [4.69, 9.17) is 4.74 Å². The van der Waals surface area contributed by atoms with Crippen LogP contribution in [0, 0.1) is 0 Å². The van der Waals surface area contributed by atoms with Crippen LogP contribution in [0.5, 0.6) is 0 Å². The highest BCUT2D eigenvalue weighted by Gasteiger charge is 2.22. The highest BCUT2D eigenvalue weighted by molar-refractivity contribution is 5.97. The number of carbonyl (C=O) groups is 3. The van der Waals surface area contributed by atoms with Crippen LogP contribution in [0.15, 0.2) is 48.5 Å². The van der Waals surface area contributed by atoms with Crippen LogP contribution in [-0.2, 0) is 20.9 Å². The Bertz CT molecular complexity index is 939. The average molecular weight is 423 g/mol. The highest BCUT2D eigenvalue weighted by Crippen LogP contribution is 2.26. The molecule has 6 nitrogen and oxygen atoms in total. The predicted octanol–water partition coefficient (Wildman–Crippen LogP) is 4.51. The van der Waals surface area contributed by atoms with Crippen LogP contribution in [0.25, 0.3) is 0 Å². The molecule has 164 valence electrons. The van der Waals surface area contributed by atoms with E-state index in [0.717, 1.165) is 36.2 Å².